The van der Waals surface area contributed by atoms with Crippen molar-refractivity contribution in [2.24, 2.45) is 0 Å². The molecule has 0 radical (unpaired) electrons. The van der Waals surface area contributed by atoms with Gasteiger partial charge in [0.15, 0.2) is 0 Å². The molecule has 4 heteroatoms. The van der Waals surface area contributed by atoms with Gasteiger partial charge in [0.2, 0.25) is 0 Å². The molecule has 0 unspecified atom stereocenters. The molecule has 1 rings (SSSR count). The Morgan fingerprint density at radius 2 is 1.92 bits per heavy atom. The van der Waals surface area contributed by atoms with Gasteiger partial charge in [-0.05, 0) is 6.07 Å². The zero-order chi connectivity index (χ0) is 8.81. The standard InChI is InChI=1S/C9H13NO2.ClH/c11-6-5-10-7-8-3-1-2-4-9(8)12;/h1-4,10-12H,5-7H2;1H. The Hall–Kier alpha value is -0.770. The van der Waals surface area contributed by atoms with E-state index < -0.39 is 0 Å². The molecule has 0 saturated carbocycles. The summed E-state index contributed by atoms with van der Waals surface area (Å²) in [7, 11) is 0. The fourth-order valence-corrected chi connectivity index (χ4v) is 0.962. The molecule has 3 nitrogen and oxygen atoms in total. The number of hydrogen-bond acceptors (Lipinski definition) is 3. The molecule has 3 N–H and O–H groups in total. The third-order valence-corrected chi connectivity index (χ3v) is 1.60. The number of aliphatic hydroxyl groups is 1. The van der Waals surface area contributed by atoms with E-state index in [0.29, 0.717) is 18.8 Å². The molecule has 0 atom stereocenters. The van der Waals surface area contributed by atoms with Crippen LogP contribution in [0.4, 0.5) is 0 Å². The molecule has 74 valence electrons. The highest BCUT2D eigenvalue weighted by atomic mass is 35.5. The Bertz CT molecular complexity index is 243. The number of phenols is 1. The van der Waals surface area contributed by atoms with Crippen molar-refractivity contribution < 1.29 is 10.2 Å². The van der Waals surface area contributed by atoms with Crippen molar-refractivity contribution in [1.82, 2.24) is 5.32 Å². The fourth-order valence-electron chi connectivity index (χ4n) is 0.962. The molecule has 1 aromatic carbocycles. The average molecular weight is 204 g/mol. The van der Waals surface area contributed by atoms with Crippen LogP contribution >= 0.6 is 12.4 Å². The quantitative estimate of drug-likeness (QED) is 0.638. The van der Waals surface area contributed by atoms with E-state index in [1.807, 2.05) is 12.1 Å². The second-order valence-corrected chi connectivity index (χ2v) is 2.53. The minimum Gasteiger partial charge on any atom is -0.508 e. The van der Waals surface area contributed by atoms with Crippen molar-refractivity contribution in [3.63, 3.8) is 0 Å². The van der Waals surface area contributed by atoms with E-state index in [4.69, 9.17) is 5.11 Å². The van der Waals surface area contributed by atoms with Crippen LogP contribution in [0.3, 0.4) is 0 Å². The Kier molecular flexibility index (Phi) is 6.32. The first kappa shape index (κ1) is 12.2. The van der Waals surface area contributed by atoms with Gasteiger partial charge >= 0.3 is 0 Å². The SMILES string of the molecule is Cl.OCCNCc1ccccc1O. The van der Waals surface area contributed by atoms with E-state index in [2.05, 4.69) is 5.32 Å². The topological polar surface area (TPSA) is 52.5 Å². The molecule has 0 heterocycles. The maximum absolute atomic E-state index is 9.31. The summed E-state index contributed by atoms with van der Waals surface area (Å²) in [5.74, 6) is 0.294. The molecule has 0 aliphatic heterocycles. The summed E-state index contributed by atoms with van der Waals surface area (Å²) < 4.78 is 0. The lowest BCUT2D eigenvalue weighted by molar-refractivity contribution is 0.291. The normalized spacial score (nSPS) is 9.31. The molecule has 0 amide bonds. The van der Waals surface area contributed by atoms with Crippen LogP contribution in [0.5, 0.6) is 5.75 Å². The van der Waals surface area contributed by atoms with Gasteiger partial charge in [0, 0.05) is 18.7 Å². The molecule has 0 fully saturated rings. The molecule has 0 saturated heterocycles. The molecule has 0 spiro atoms. The highest BCUT2D eigenvalue weighted by molar-refractivity contribution is 5.85. The number of para-hydroxylation sites is 1. The maximum atomic E-state index is 9.31. The molecule has 0 aromatic heterocycles. The number of benzene rings is 1. The van der Waals surface area contributed by atoms with Crippen molar-refractivity contribution >= 4 is 12.4 Å². The smallest absolute Gasteiger partial charge is 0.120 e. The van der Waals surface area contributed by atoms with Crippen LogP contribution in [0.25, 0.3) is 0 Å². The van der Waals surface area contributed by atoms with E-state index in [1.165, 1.54) is 0 Å². The van der Waals surface area contributed by atoms with Gasteiger partial charge in [-0.1, -0.05) is 18.2 Å². The number of hydrogen-bond donors (Lipinski definition) is 3. The monoisotopic (exact) mass is 203 g/mol. The van der Waals surface area contributed by atoms with Gasteiger partial charge in [-0.2, -0.15) is 0 Å². The third kappa shape index (κ3) is 4.12. The fraction of sp³-hybridized carbons (Fsp3) is 0.333. The lowest BCUT2D eigenvalue weighted by Gasteiger charge is -2.04. The third-order valence-electron chi connectivity index (χ3n) is 1.60. The van der Waals surface area contributed by atoms with Crippen molar-refractivity contribution in [3.8, 4) is 5.75 Å². The first-order valence-electron chi connectivity index (χ1n) is 3.93. The van der Waals surface area contributed by atoms with Gasteiger partial charge in [-0.15, -0.1) is 12.4 Å². The molecule has 0 aliphatic carbocycles. The largest absolute Gasteiger partial charge is 0.508 e. The summed E-state index contributed by atoms with van der Waals surface area (Å²) >= 11 is 0. The molecule has 0 bridgehead atoms. The second-order valence-electron chi connectivity index (χ2n) is 2.53. The van der Waals surface area contributed by atoms with Crippen LogP contribution < -0.4 is 5.32 Å². The number of phenolic OH excluding ortho intramolecular Hbond substituents is 1. The first-order valence-corrected chi connectivity index (χ1v) is 3.93. The molecule has 0 aliphatic rings. The van der Waals surface area contributed by atoms with Crippen molar-refractivity contribution in [1.29, 1.82) is 0 Å². The van der Waals surface area contributed by atoms with Crippen LogP contribution in [0.2, 0.25) is 0 Å². The lowest BCUT2D eigenvalue weighted by atomic mass is 10.2. The van der Waals surface area contributed by atoms with Gasteiger partial charge in [0.05, 0.1) is 6.61 Å². The summed E-state index contributed by atoms with van der Waals surface area (Å²) in [6.07, 6.45) is 0. The van der Waals surface area contributed by atoms with Gasteiger partial charge in [-0.3, -0.25) is 0 Å². The van der Waals surface area contributed by atoms with E-state index >= 15 is 0 Å². The van der Waals surface area contributed by atoms with E-state index in [9.17, 15) is 5.11 Å². The molecule has 1 aromatic rings. The highest BCUT2D eigenvalue weighted by Crippen LogP contribution is 2.14. The van der Waals surface area contributed by atoms with Crippen LogP contribution in [-0.2, 0) is 6.54 Å². The minimum atomic E-state index is 0. The van der Waals surface area contributed by atoms with E-state index in [0.717, 1.165) is 5.56 Å². The van der Waals surface area contributed by atoms with Gasteiger partial charge in [-0.25, -0.2) is 0 Å². The van der Waals surface area contributed by atoms with Crippen molar-refractivity contribution in [2.75, 3.05) is 13.2 Å². The predicted octanol–water partition coefficient (Wildman–Crippen LogP) is 0.896. The molecule has 13 heavy (non-hydrogen) atoms. The van der Waals surface area contributed by atoms with E-state index in [1.54, 1.807) is 12.1 Å². The first-order chi connectivity index (χ1) is 5.84. The van der Waals surface area contributed by atoms with Crippen LogP contribution in [0.1, 0.15) is 5.56 Å². The predicted molar refractivity (Wildman–Crippen MR) is 54.1 cm³/mol. The second kappa shape index (κ2) is 6.71. The van der Waals surface area contributed by atoms with Gasteiger partial charge in [0.25, 0.3) is 0 Å². The van der Waals surface area contributed by atoms with E-state index in [-0.39, 0.29) is 19.0 Å². The van der Waals surface area contributed by atoms with Crippen LogP contribution in [-0.4, -0.2) is 23.4 Å². The maximum Gasteiger partial charge on any atom is 0.120 e. The highest BCUT2D eigenvalue weighted by Gasteiger charge is 1.96. The number of halogens is 1. The molecular formula is C9H14ClNO2. The Labute approximate surface area is 83.8 Å². The Balaban J connectivity index is 0.00000144. The van der Waals surface area contributed by atoms with Crippen LogP contribution in [0.15, 0.2) is 24.3 Å². The summed E-state index contributed by atoms with van der Waals surface area (Å²) in [6.45, 7) is 1.26. The van der Waals surface area contributed by atoms with Crippen LogP contribution in [0, 0.1) is 0 Å². The molecular weight excluding hydrogens is 190 g/mol. The lowest BCUT2D eigenvalue weighted by Crippen LogP contribution is -2.17. The number of aliphatic hydroxyl groups excluding tert-OH is 1. The number of nitrogens with one attached hydrogen (secondary N) is 1. The van der Waals surface area contributed by atoms with Gasteiger partial charge < -0.3 is 15.5 Å². The Morgan fingerprint density at radius 1 is 1.23 bits per heavy atom. The zero-order valence-electron chi connectivity index (χ0n) is 7.23. The van der Waals surface area contributed by atoms with Gasteiger partial charge in [0.1, 0.15) is 5.75 Å². The summed E-state index contributed by atoms with van der Waals surface area (Å²) in [6, 6.07) is 7.15. The number of rotatable bonds is 4. The zero-order valence-corrected chi connectivity index (χ0v) is 8.05. The van der Waals surface area contributed by atoms with Crippen molar-refractivity contribution in [2.45, 2.75) is 6.54 Å². The minimum absolute atomic E-state index is 0. The summed E-state index contributed by atoms with van der Waals surface area (Å²) in [5.41, 5.74) is 0.853. The Morgan fingerprint density at radius 3 is 2.54 bits per heavy atom. The van der Waals surface area contributed by atoms with Crippen molar-refractivity contribution in [3.05, 3.63) is 29.8 Å². The summed E-state index contributed by atoms with van der Waals surface area (Å²) in [5, 5.41) is 20.8. The summed E-state index contributed by atoms with van der Waals surface area (Å²) in [4.78, 5) is 0. The number of aromatic hydroxyl groups is 1. The average Bonchev–Trinajstić information content (AvgIpc) is 2.09.